The Morgan fingerprint density at radius 2 is 1.60 bits per heavy atom. The average Bonchev–Trinajstić information content (AvgIpc) is 2.68. The Morgan fingerprint density at radius 3 is 2.24 bits per heavy atom. The van der Waals surface area contributed by atoms with Gasteiger partial charge in [-0.05, 0) is 47.7 Å². The fraction of sp³-hybridized carbons (Fsp3) is 0.0952. The lowest BCUT2D eigenvalue weighted by Gasteiger charge is -2.11. The number of ether oxygens (including phenoxy) is 1. The normalized spacial score (nSPS) is 10.3. The summed E-state index contributed by atoms with van der Waals surface area (Å²) in [5.74, 6) is 0.391. The predicted molar refractivity (Wildman–Crippen MR) is 105 cm³/mol. The van der Waals surface area contributed by atoms with Crippen LogP contribution in [-0.4, -0.2) is 19.3 Å². The maximum Gasteiger partial charge on any atom is 0.259 e. The number of carbonyl (C=O) groups excluding carboxylic acids is 1. The molecular weight excluding hydrogens is 330 g/mol. The van der Waals surface area contributed by atoms with Crippen LogP contribution in [0.2, 0.25) is 0 Å². The molecule has 0 spiro atoms. The van der Waals surface area contributed by atoms with Crippen LogP contribution >= 0.6 is 11.8 Å². The van der Waals surface area contributed by atoms with E-state index in [1.165, 1.54) is 0 Å². The third-order valence-electron chi connectivity index (χ3n) is 3.90. The zero-order valence-electron chi connectivity index (χ0n) is 14.2. The van der Waals surface area contributed by atoms with Gasteiger partial charge in [0, 0.05) is 10.6 Å². The summed E-state index contributed by atoms with van der Waals surface area (Å²) >= 11 is 1.61. The molecule has 3 aromatic carbocycles. The third kappa shape index (κ3) is 4.03. The van der Waals surface area contributed by atoms with Crippen LogP contribution in [0.5, 0.6) is 5.75 Å². The van der Waals surface area contributed by atoms with E-state index in [-0.39, 0.29) is 5.91 Å². The topological polar surface area (TPSA) is 38.3 Å². The van der Waals surface area contributed by atoms with E-state index in [1.54, 1.807) is 24.9 Å². The molecule has 0 heterocycles. The van der Waals surface area contributed by atoms with E-state index < -0.39 is 0 Å². The highest BCUT2D eigenvalue weighted by Gasteiger charge is 2.13. The van der Waals surface area contributed by atoms with E-state index in [0.29, 0.717) is 11.3 Å². The fourth-order valence-electron chi connectivity index (χ4n) is 2.56. The smallest absolute Gasteiger partial charge is 0.259 e. The number of amides is 1. The van der Waals surface area contributed by atoms with Crippen molar-refractivity contribution in [2.24, 2.45) is 0 Å². The molecule has 0 unspecified atom stereocenters. The van der Waals surface area contributed by atoms with Gasteiger partial charge in [-0.2, -0.15) is 0 Å². The Morgan fingerprint density at radius 1 is 0.920 bits per heavy atom. The number of methoxy groups -OCH3 is 1. The lowest BCUT2D eigenvalue weighted by atomic mass is 10.1. The van der Waals surface area contributed by atoms with Crippen LogP contribution in [0.25, 0.3) is 11.1 Å². The number of hydrogen-bond acceptors (Lipinski definition) is 3. The molecule has 3 nitrogen and oxygen atoms in total. The highest BCUT2D eigenvalue weighted by atomic mass is 32.2. The van der Waals surface area contributed by atoms with Gasteiger partial charge in [0.15, 0.2) is 0 Å². The minimum absolute atomic E-state index is 0.183. The van der Waals surface area contributed by atoms with Gasteiger partial charge in [-0.1, -0.05) is 42.5 Å². The molecule has 0 bridgehead atoms. The van der Waals surface area contributed by atoms with Crippen molar-refractivity contribution < 1.29 is 9.53 Å². The van der Waals surface area contributed by atoms with Gasteiger partial charge in [-0.3, -0.25) is 4.79 Å². The number of nitrogens with one attached hydrogen (secondary N) is 1. The second-order valence-electron chi connectivity index (χ2n) is 5.46. The first-order valence-corrected chi connectivity index (χ1v) is 9.12. The van der Waals surface area contributed by atoms with Crippen LogP contribution in [0.3, 0.4) is 0 Å². The molecule has 0 radical (unpaired) electrons. The van der Waals surface area contributed by atoms with Crippen LogP contribution in [0.4, 0.5) is 5.69 Å². The summed E-state index contributed by atoms with van der Waals surface area (Å²) in [6.45, 7) is 0. The lowest BCUT2D eigenvalue weighted by Crippen LogP contribution is -2.13. The average molecular weight is 349 g/mol. The van der Waals surface area contributed by atoms with Crippen LogP contribution in [0.1, 0.15) is 10.4 Å². The van der Waals surface area contributed by atoms with Crippen molar-refractivity contribution in [3.05, 3.63) is 78.4 Å². The Kier molecular flexibility index (Phi) is 5.41. The van der Waals surface area contributed by atoms with E-state index in [1.807, 2.05) is 60.9 Å². The molecule has 0 aliphatic rings. The molecule has 0 aliphatic carbocycles. The first-order valence-electron chi connectivity index (χ1n) is 7.90. The molecule has 0 atom stereocenters. The van der Waals surface area contributed by atoms with Gasteiger partial charge in [0.1, 0.15) is 5.75 Å². The van der Waals surface area contributed by atoms with E-state index in [9.17, 15) is 4.79 Å². The predicted octanol–water partition coefficient (Wildman–Crippen LogP) is 5.34. The summed E-state index contributed by atoms with van der Waals surface area (Å²) in [5.41, 5.74) is 3.53. The molecule has 0 saturated carbocycles. The van der Waals surface area contributed by atoms with Gasteiger partial charge in [0.2, 0.25) is 0 Å². The van der Waals surface area contributed by atoms with E-state index in [0.717, 1.165) is 21.7 Å². The van der Waals surface area contributed by atoms with Crippen molar-refractivity contribution in [1.29, 1.82) is 0 Å². The van der Waals surface area contributed by atoms with Crippen molar-refractivity contribution in [3.63, 3.8) is 0 Å². The second-order valence-corrected chi connectivity index (χ2v) is 6.34. The van der Waals surface area contributed by atoms with E-state index in [4.69, 9.17) is 4.74 Å². The standard InChI is InChI=1S/C21H19NO2S/c1-24-20-14-18(25-2)12-13-19(20)21(23)22-17-10-8-16(9-11-17)15-6-4-3-5-7-15/h3-14H,1-2H3,(H,22,23). The van der Waals surface area contributed by atoms with Crippen molar-refractivity contribution in [3.8, 4) is 16.9 Å². The van der Waals surface area contributed by atoms with Crippen LogP contribution in [0, 0.1) is 0 Å². The van der Waals surface area contributed by atoms with Gasteiger partial charge in [-0.15, -0.1) is 11.8 Å². The number of carbonyl (C=O) groups is 1. The van der Waals surface area contributed by atoms with Crippen LogP contribution < -0.4 is 10.1 Å². The monoisotopic (exact) mass is 349 g/mol. The number of thioether (sulfide) groups is 1. The Labute approximate surface area is 152 Å². The second kappa shape index (κ2) is 7.90. The molecule has 0 aliphatic heterocycles. The lowest BCUT2D eigenvalue weighted by molar-refractivity contribution is 0.102. The van der Waals surface area contributed by atoms with Gasteiger partial charge in [-0.25, -0.2) is 0 Å². The molecule has 4 heteroatoms. The molecule has 3 aromatic rings. The number of hydrogen-bond donors (Lipinski definition) is 1. The largest absolute Gasteiger partial charge is 0.496 e. The van der Waals surface area contributed by atoms with Crippen LogP contribution in [-0.2, 0) is 0 Å². The number of benzene rings is 3. The summed E-state index contributed by atoms with van der Waals surface area (Å²) in [6.07, 6.45) is 1.99. The third-order valence-corrected chi connectivity index (χ3v) is 4.63. The van der Waals surface area contributed by atoms with Gasteiger partial charge in [0.05, 0.1) is 12.7 Å². The quantitative estimate of drug-likeness (QED) is 0.632. The summed E-state index contributed by atoms with van der Waals surface area (Å²) in [7, 11) is 1.57. The van der Waals surface area contributed by atoms with E-state index >= 15 is 0 Å². The minimum Gasteiger partial charge on any atom is -0.496 e. The maximum absolute atomic E-state index is 12.6. The van der Waals surface area contributed by atoms with Gasteiger partial charge < -0.3 is 10.1 Å². The summed E-state index contributed by atoms with van der Waals surface area (Å²) < 4.78 is 5.35. The van der Waals surface area contributed by atoms with Crippen molar-refractivity contribution in [2.75, 3.05) is 18.7 Å². The van der Waals surface area contributed by atoms with Crippen molar-refractivity contribution >= 4 is 23.4 Å². The molecule has 0 aromatic heterocycles. The molecule has 3 rings (SSSR count). The van der Waals surface area contributed by atoms with Crippen molar-refractivity contribution in [1.82, 2.24) is 0 Å². The minimum atomic E-state index is -0.183. The molecule has 0 fully saturated rings. The highest BCUT2D eigenvalue weighted by Crippen LogP contribution is 2.26. The summed E-state index contributed by atoms with van der Waals surface area (Å²) in [5, 5.41) is 2.92. The van der Waals surface area contributed by atoms with Gasteiger partial charge >= 0.3 is 0 Å². The molecular formula is C21H19NO2S. The molecule has 126 valence electrons. The fourth-order valence-corrected chi connectivity index (χ4v) is 2.99. The Hall–Kier alpha value is -2.72. The zero-order chi connectivity index (χ0) is 17.6. The first-order chi connectivity index (χ1) is 12.2. The molecule has 25 heavy (non-hydrogen) atoms. The van der Waals surface area contributed by atoms with Gasteiger partial charge in [0.25, 0.3) is 5.91 Å². The molecule has 1 N–H and O–H groups in total. The highest BCUT2D eigenvalue weighted by molar-refractivity contribution is 7.98. The number of anilines is 1. The van der Waals surface area contributed by atoms with Crippen molar-refractivity contribution in [2.45, 2.75) is 4.90 Å². The molecule has 1 amide bonds. The maximum atomic E-state index is 12.6. The Bertz CT molecular complexity index is 861. The first kappa shape index (κ1) is 17.1. The van der Waals surface area contributed by atoms with E-state index in [2.05, 4.69) is 17.4 Å². The summed E-state index contributed by atoms with van der Waals surface area (Å²) in [6, 6.07) is 23.5. The summed E-state index contributed by atoms with van der Waals surface area (Å²) in [4.78, 5) is 13.6. The SMILES string of the molecule is COc1cc(SC)ccc1C(=O)Nc1ccc(-c2ccccc2)cc1. The molecule has 0 saturated heterocycles. The van der Waals surface area contributed by atoms with Crippen LogP contribution in [0.15, 0.2) is 77.7 Å². The Balaban J connectivity index is 1.77. The zero-order valence-corrected chi connectivity index (χ0v) is 15.0. The number of rotatable bonds is 5.